The first-order valence-electron chi connectivity index (χ1n) is 6.13. The van der Waals surface area contributed by atoms with Gasteiger partial charge in [0.15, 0.2) is 0 Å². The Bertz CT molecular complexity index is 229. The Morgan fingerprint density at radius 1 is 1.50 bits per heavy atom. The van der Waals surface area contributed by atoms with E-state index in [0.717, 1.165) is 12.8 Å². The molecule has 16 heavy (non-hydrogen) atoms. The standard InChI is InChI=1S/C12H22O4/c1-2-16-11(15)12(8-5-9-13)7-4-3-6-10(12)14/h10,13-14H,2-9H2,1H3. The Morgan fingerprint density at radius 3 is 2.81 bits per heavy atom. The van der Waals surface area contributed by atoms with Crippen LogP contribution in [0.3, 0.4) is 0 Å². The van der Waals surface area contributed by atoms with Crippen molar-refractivity contribution < 1.29 is 19.7 Å². The van der Waals surface area contributed by atoms with E-state index in [0.29, 0.717) is 32.3 Å². The van der Waals surface area contributed by atoms with Gasteiger partial charge in [-0.15, -0.1) is 0 Å². The number of ether oxygens (including phenoxy) is 1. The predicted octanol–water partition coefficient (Wildman–Crippen LogP) is 1.24. The molecule has 94 valence electrons. The molecule has 0 aromatic carbocycles. The molecule has 0 spiro atoms. The van der Waals surface area contributed by atoms with Gasteiger partial charge in [-0.3, -0.25) is 4.79 Å². The van der Waals surface area contributed by atoms with E-state index in [1.165, 1.54) is 0 Å². The topological polar surface area (TPSA) is 66.8 Å². The van der Waals surface area contributed by atoms with Gasteiger partial charge in [-0.2, -0.15) is 0 Å². The molecule has 1 rings (SSSR count). The molecule has 0 aromatic heterocycles. The smallest absolute Gasteiger partial charge is 0.314 e. The fraction of sp³-hybridized carbons (Fsp3) is 0.917. The van der Waals surface area contributed by atoms with Gasteiger partial charge < -0.3 is 14.9 Å². The summed E-state index contributed by atoms with van der Waals surface area (Å²) in [6, 6.07) is 0. The van der Waals surface area contributed by atoms with Crippen molar-refractivity contribution in [2.24, 2.45) is 5.41 Å². The number of rotatable bonds is 5. The first-order valence-corrected chi connectivity index (χ1v) is 6.13. The van der Waals surface area contributed by atoms with E-state index in [9.17, 15) is 9.90 Å². The van der Waals surface area contributed by atoms with Gasteiger partial charge in [-0.1, -0.05) is 12.8 Å². The van der Waals surface area contributed by atoms with Crippen LogP contribution in [0.2, 0.25) is 0 Å². The molecule has 4 heteroatoms. The lowest BCUT2D eigenvalue weighted by atomic mass is 9.69. The molecular formula is C12H22O4. The van der Waals surface area contributed by atoms with Crippen LogP contribution in [0.25, 0.3) is 0 Å². The first kappa shape index (κ1) is 13.5. The highest BCUT2D eigenvalue weighted by Crippen LogP contribution is 2.41. The first-order chi connectivity index (χ1) is 7.67. The molecule has 1 saturated carbocycles. The Hall–Kier alpha value is -0.610. The molecule has 2 atom stereocenters. The number of hydrogen-bond donors (Lipinski definition) is 2. The van der Waals surface area contributed by atoms with E-state index in [4.69, 9.17) is 9.84 Å². The Balaban J connectivity index is 2.76. The van der Waals surface area contributed by atoms with Crippen molar-refractivity contribution in [2.75, 3.05) is 13.2 Å². The molecular weight excluding hydrogens is 208 g/mol. The fourth-order valence-corrected chi connectivity index (χ4v) is 2.52. The van der Waals surface area contributed by atoms with Gasteiger partial charge in [0.05, 0.1) is 18.1 Å². The van der Waals surface area contributed by atoms with Crippen LogP contribution in [0.1, 0.15) is 45.4 Å². The van der Waals surface area contributed by atoms with Crippen LogP contribution in [0.5, 0.6) is 0 Å². The van der Waals surface area contributed by atoms with Crippen molar-refractivity contribution in [3.05, 3.63) is 0 Å². The lowest BCUT2D eigenvalue weighted by molar-refractivity contribution is -0.167. The highest BCUT2D eigenvalue weighted by atomic mass is 16.5. The van der Waals surface area contributed by atoms with Crippen molar-refractivity contribution in [2.45, 2.75) is 51.6 Å². The van der Waals surface area contributed by atoms with Crippen molar-refractivity contribution in [3.63, 3.8) is 0 Å². The Morgan fingerprint density at radius 2 is 2.25 bits per heavy atom. The normalized spacial score (nSPS) is 30.1. The van der Waals surface area contributed by atoms with Gasteiger partial charge in [0.25, 0.3) is 0 Å². The van der Waals surface area contributed by atoms with Crippen LogP contribution in [0.4, 0.5) is 0 Å². The van der Waals surface area contributed by atoms with Crippen LogP contribution in [0.15, 0.2) is 0 Å². The van der Waals surface area contributed by atoms with Crippen molar-refractivity contribution >= 4 is 5.97 Å². The minimum absolute atomic E-state index is 0.0495. The van der Waals surface area contributed by atoms with Crippen molar-refractivity contribution in [3.8, 4) is 0 Å². The molecule has 1 aliphatic carbocycles. The highest BCUT2D eigenvalue weighted by Gasteiger charge is 2.46. The third-order valence-electron chi connectivity index (χ3n) is 3.45. The van der Waals surface area contributed by atoms with Crippen LogP contribution < -0.4 is 0 Å². The fourth-order valence-electron chi connectivity index (χ4n) is 2.52. The summed E-state index contributed by atoms with van der Waals surface area (Å²) in [5, 5.41) is 18.9. The van der Waals surface area contributed by atoms with Gasteiger partial charge in [0.2, 0.25) is 0 Å². The van der Waals surface area contributed by atoms with E-state index < -0.39 is 11.5 Å². The zero-order valence-corrected chi connectivity index (χ0v) is 9.95. The van der Waals surface area contributed by atoms with Gasteiger partial charge >= 0.3 is 5.97 Å². The van der Waals surface area contributed by atoms with Gasteiger partial charge in [0, 0.05) is 6.61 Å². The third kappa shape index (κ3) is 2.74. The average molecular weight is 230 g/mol. The maximum Gasteiger partial charge on any atom is 0.314 e. The van der Waals surface area contributed by atoms with E-state index in [1.54, 1.807) is 6.92 Å². The summed E-state index contributed by atoms with van der Waals surface area (Å²) in [7, 11) is 0. The number of hydrogen-bond acceptors (Lipinski definition) is 4. The quantitative estimate of drug-likeness (QED) is 0.697. The lowest BCUT2D eigenvalue weighted by Gasteiger charge is -2.39. The molecule has 2 N–H and O–H groups in total. The average Bonchev–Trinajstić information content (AvgIpc) is 2.28. The highest BCUT2D eigenvalue weighted by molar-refractivity contribution is 5.77. The van der Waals surface area contributed by atoms with Gasteiger partial charge in [0.1, 0.15) is 0 Å². The summed E-state index contributed by atoms with van der Waals surface area (Å²) in [5.74, 6) is -0.296. The van der Waals surface area contributed by atoms with Crippen LogP contribution in [-0.4, -0.2) is 35.5 Å². The second-order valence-electron chi connectivity index (χ2n) is 4.47. The Kier molecular flexibility index (Phi) is 5.22. The summed E-state index contributed by atoms with van der Waals surface area (Å²) in [6.45, 7) is 2.16. The molecule has 0 heterocycles. The molecule has 4 nitrogen and oxygen atoms in total. The van der Waals surface area contributed by atoms with E-state index in [1.807, 2.05) is 0 Å². The van der Waals surface area contributed by atoms with Crippen LogP contribution in [0, 0.1) is 5.41 Å². The van der Waals surface area contributed by atoms with Gasteiger partial charge in [-0.25, -0.2) is 0 Å². The summed E-state index contributed by atoms with van der Waals surface area (Å²) in [6.07, 6.45) is 3.67. The minimum Gasteiger partial charge on any atom is -0.465 e. The second-order valence-corrected chi connectivity index (χ2v) is 4.47. The van der Waals surface area contributed by atoms with Crippen LogP contribution in [-0.2, 0) is 9.53 Å². The number of carbonyl (C=O) groups excluding carboxylic acids is 1. The second kappa shape index (κ2) is 6.21. The maximum absolute atomic E-state index is 12.0. The molecule has 0 aromatic rings. The maximum atomic E-state index is 12.0. The molecule has 1 aliphatic rings. The summed E-state index contributed by atoms with van der Waals surface area (Å²) in [4.78, 5) is 12.0. The largest absolute Gasteiger partial charge is 0.465 e. The summed E-state index contributed by atoms with van der Waals surface area (Å²) >= 11 is 0. The molecule has 2 unspecified atom stereocenters. The summed E-state index contributed by atoms with van der Waals surface area (Å²) < 4.78 is 5.07. The third-order valence-corrected chi connectivity index (χ3v) is 3.45. The number of carbonyl (C=O) groups is 1. The molecule has 0 amide bonds. The van der Waals surface area contributed by atoms with E-state index in [-0.39, 0.29) is 12.6 Å². The van der Waals surface area contributed by atoms with Crippen molar-refractivity contribution in [1.29, 1.82) is 0 Å². The van der Waals surface area contributed by atoms with Gasteiger partial charge in [-0.05, 0) is 32.6 Å². The molecule has 0 radical (unpaired) electrons. The predicted molar refractivity (Wildman–Crippen MR) is 59.9 cm³/mol. The summed E-state index contributed by atoms with van der Waals surface area (Å²) in [5.41, 5.74) is -0.767. The van der Waals surface area contributed by atoms with E-state index >= 15 is 0 Å². The molecule has 0 bridgehead atoms. The Labute approximate surface area is 96.6 Å². The number of aliphatic hydroxyl groups excluding tert-OH is 2. The number of aliphatic hydroxyl groups is 2. The van der Waals surface area contributed by atoms with Crippen molar-refractivity contribution in [1.82, 2.24) is 0 Å². The number of esters is 1. The lowest BCUT2D eigenvalue weighted by Crippen LogP contribution is -2.46. The molecule has 0 saturated heterocycles. The zero-order chi connectivity index (χ0) is 12.0. The minimum atomic E-state index is -0.767. The zero-order valence-electron chi connectivity index (χ0n) is 9.95. The SMILES string of the molecule is CCOC(=O)C1(CCCO)CCCCC1O. The monoisotopic (exact) mass is 230 g/mol. The molecule has 1 fully saturated rings. The molecule has 0 aliphatic heterocycles. The van der Waals surface area contributed by atoms with Crippen LogP contribution >= 0.6 is 0 Å². The van der Waals surface area contributed by atoms with E-state index in [2.05, 4.69) is 0 Å².